The molecule has 6 heteroatoms. The Hall–Kier alpha value is -0.503. The maximum absolute atomic E-state index is 6.73. The summed E-state index contributed by atoms with van der Waals surface area (Å²) < 4.78 is 29.2. The van der Waals surface area contributed by atoms with Gasteiger partial charge in [-0.05, 0) is 0 Å². The fourth-order valence-electron chi connectivity index (χ4n) is 4.93. The second kappa shape index (κ2) is 13.9. The fourth-order valence-corrected chi connectivity index (χ4v) is 10.6. The molecule has 214 valence electrons. The van der Waals surface area contributed by atoms with Crippen molar-refractivity contribution in [1.82, 2.24) is 0 Å². The predicted octanol–water partition coefficient (Wildman–Crippen LogP) is 9.46. The summed E-state index contributed by atoms with van der Waals surface area (Å²) in [5.41, 5.74) is 1.72. The Morgan fingerprint density at radius 3 is 1.29 bits per heavy atom. The van der Waals surface area contributed by atoms with E-state index >= 15 is 0 Å². The van der Waals surface area contributed by atoms with E-state index in [1.54, 1.807) is 0 Å². The molecule has 4 nitrogen and oxygen atoms in total. The molecule has 0 amide bonds. The van der Waals surface area contributed by atoms with E-state index in [1.165, 1.54) is 38.5 Å². The van der Waals surface area contributed by atoms with E-state index in [0.29, 0.717) is 25.0 Å². The second-order valence-electron chi connectivity index (χ2n) is 13.3. The summed E-state index contributed by atoms with van der Waals surface area (Å²) in [6, 6.07) is 4.52. The number of benzene rings is 1. The SMILES string of the molecule is CCCCC(CC)COc1c2c[c]([Sn]([CH3])([CH3])[CH3])oc2c(OCC(CC)CCCC)c2c[c]([Sn]([CH3])([CH3])[CH3])oc12. The van der Waals surface area contributed by atoms with Crippen LogP contribution in [0.2, 0.25) is 29.6 Å². The Bertz CT molecular complexity index is 1020. The Labute approximate surface area is 240 Å². The molecule has 0 bridgehead atoms. The molecule has 0 aliphatic rings. The van der Waals surface area contributed by atoms with Crippen molar-refractivity contribution >= 4 is 66.2 Å². The van der Waals surface area contributed by atoms with Gasteiger partial charge in [-0.25, -0.2) is 0 Å². The van der Waals surface area contributed by atoms with Gasteiger partial charge in [-0.3, -0.25) is 0 Å². The molecule has 0 saturated carbocycles. The van der Waals surface area contributed by atoms with Crippen molar-refractivity contribution in [3.05, 3.63) is 12.1 Å². The minimum absolute atomic E-state index is 0.546. The van der Waals surface area contributed by atoms with Gasteiger partial charge in [0.1, 0.15) is 0 Å². The summed E-state index contributed by atoms with van der Waals surface area (Å²) in [4.78, 5) is 14.4. The van der Waals surface area contributed by atoms with Crippen molar-refractivity contribution in [2.75, 3.05) is 13.2 Å². The molecule has 0 spiro atoms. The molecule has 2 atom stereocenters. The number of furan rings is 2. The number of ether oxygens (including phenoxy) is 2. The van der Waals surface area contributed by atoms with E-state index in [0.717, 1.165) is 53.8 Å². The van der Waals surface area contributed by atoms with E-state index in [-0.39, 0.29) is 0 Å². The van der Waals surface area contributed by atoms with Gasteiger partial charge in [0.25, 0.3) is 0 Å². The maximum atomic E-state index is 6.73. The molecule has 2 heterocycles. The van der Waals surface area contributed by atoms with E-state index in [2.05, 4.69) is 69.5 Å². The number of hydrogen-bond donors (Lipinski definition) is 0. The van der Waals surface area contributed by atoms with Crippen molar-refractivity contribution in [3.8, 4) is 11.5 Å². The van der Waals surface area contributed by atoms with Gasteiger partial charge in [0.05, 0.1) is 0 Å². The Morgan fingerprint density at radius 2 is 1.00 bits per heavy atom. The summed E-state index contributed by atoms with van der Waals surface area (Å²) in [6.07, 6.45) is 9.58. The third-order valence-electron chi connectivity index (χ3n) is 7.86. The Kier molecular flexibility index (Phi) is 11.7. The van der Waals surface area contributed by atoms with Gasteiger partial charge in [0.15, 0.2) is 0 Å². The standard InChI is InChI=1S/C26H36O4.6CH3.2Sn/c1-5-9-11-19(7-3)17-29-25-21-13-15-28-24(21)26(22-14-16-27-23(22)25)30-18-20(8-4)12-10-6-2;;;;;;;;/h13-14,19-20H,5-12,17-18H2,1-4H3;6*1H3;;. The van der Waals surface area contributed by atoms with Gasteiger partial charge in [-0.2, -0.15) is 0 Å². The van der Waals surface area contributed by atoms with Crippen LogP contribution < -0.4 is 17.0 Å². The monoisotopic (exact) mass is 742 g/mol. The first-order chi connectivity index (χ1) is 17.9. The Balaban J connectivity index is 2.18. The zero-order chi connectivity index (χ0) is 28.1. The Morgan fingerprint density at radius 1 is 0.632 bits per heavy atom. The molecule has 0 saturated heterocycles. The number of hydrogen-bond acceptors (Lipinski definition) is 4. The van der Waals surface area contributed by atoms with E-state index < -0.39 is 36.8 Å². The van der Waals surface area contributed by atoms with Crippen LogP contribution in [0.5, 0.6) is 11.5 Å². The molecule has 0 aliphatic heterocycles. The quantitative estimate of drug-likeness (QED) is 0.137. The van der Waals surface area contributed by atoms with Gasteiger partial charge in [-0.15, -0.1) is 0 Å². The van der Waals surface area contributed by atoms with Crippen LogP contribution in [0, 0.1) is 11.8 Å². The molecular weight excluding hydrogens is 686 g/mol. The zero-order valence-corrected chi connectivity index (χ0v) is 31.7. The summed E-state index contributed by atoms with van der Waals surface area (Å²) >= 11 is -5.00. The van der Waals surface area contributed by atoms with Crippen molar-refractivity contribution in [3.63, 3.8) is 0 Å². The average molecular weight is 740 g/mol. The van der Waals surface area contributed by atoms with Crippen LogP contribution in [0.3, 0.4) is 0 Å². The summed E-state index contributed by atoms with van der Waals surface area (Å²) in [5.74, 6) is 2.82. The molecule has 2 unspecified atom stereocenters. The van der Waals surface area contributed by atoms with Gasteiger partial charge >= 0.3 is 242 Å². The fraction of sp³-hybridized carbons (Fsp3) is 0.688. The average Bonchev–Trinajstić information content (AvgIpc) is 3.50. The first kappa shape index (κ1) is 32.0. The van der Waals surface area contributed by atoms with Crippen molar-refractivity contribution in [2.24, 2.45) is 11.8 Å². The molecule has 2 aromatic heterocycles. The number of unbranched alkanes of at least 4 members (excludes halogenated alkanes) is 2. The van der Waals surface area contributed by atoms with Crippen LogP contribution >= 0.6 is 0 Å². The summed E-state index contributed by atoms with van der Waals surface area (Å²) in [7, 11) is 0. The molecule has 0 radical (unpaired) electrons. The van der Waals surface area contributed by atoms with Crippen LogP contribution in [0.15, 0.2) is 21.0 Å². The van der Waals surface area contributed by atoms with Crippen molar-refractivity contribution < 1.29 is 18.3 Å². The van der Waals surface area contributed by atoms with E-state index in [9.17, 15) is 0 Å². The second-order valence-corrected chi connectivity index (χ2v) is 41.8. The first-order valence-corrected chi connectivity index (χ1v) is 35.2. The zero-order valence-electron chi connectivity index (χ0n) is 26.0. The van der Waals surface area contributed by atoms with Gasteiger partial charge < -0.3 is 0 Å². The molecule has 0 N–H and O–H groups in total. The van der Waals surface area contributed by atoms with E-state index in [4.69, 9.17) is 18.3 Å². The van der Waals surface area contributed by atoms with Crippen LogP contribution in [-0.2, 0) is 0 Å². The molecule has 0 fully saturated rings. The van der Waals surface area contributed by atoms with Gasteiger partial charge in [0.2, 0.25) is 0 Å². The summed E-state index contributed by atoms with van der Waals surface area (Å²) in [5, 5.41) is 2.07. The molecule has 3 aromatic rings. The first-order valence-electron chi connectivity index (χ1n) is 15.2. The van der Waals surface area contributed by atoms with Crippen molar-refractivity contribution in [1.29, 1.82) is 0 Å². The van der Waals surface area contributed by atoms with Crippen LogP contribution in [0.4, 0.5) is 0 Å². The molecule has 0 aliphatic carbocycles. The molecule has 1 aromatic carbocycles. The minimum atomic E-state index is -2.50. The van der Waals surface area contributed by atoms with Gasteiger partial charge in [-0.1, -0.05) is 0 Å². The topological polar surface area (TPSA) is 44.7 Å². The van der Waals surface area contributed by atoms with Crippen molar-refractivity contribution in [2.45, 2.75) is 109 Å². The third kappa shape index (κ3) is 7.82. The van der Waals surface area contributed by atoms with Gasteiger partial charge in [0, 0.05) is 0 Å². The predicted molar refractivity (Wildman–Crippen MR) is 170 cm³/mol. The normalized spacial score (nSPS) is 14.4. The summed E-state index contributed by atoms with van der Waals surface area (Å²) in [6.45, 7) is 10.5. The molecule has 3 rings (SSSR count). The van der Waals surface area contributed by atoms with Crippen LogP contribution in [-0.4, -0.2) is 50.0 Å². The third-order valence-corrected chi connectivity index (χ3v) is 17.7. The number of fused-ring (bicyclic) bond motifs is 2. The van der Waals surface area contributed by atoms with Crippen LogP contribution in [0.1, 0.15) is 79.1 Å². The van der Waals surface area contributed by atoms with Crippen LogP contribution in [0.25, 0.3) is 21.9 Å². The van der Waals surface area contributed by atoms with E-state index in [1.807, 2.05) is 0 Å². The molecule has 38 heavy (non-hydrogen) atoms. The molecular formula is C32H54O4Sn2. The number of rotatable bonds is 16.